The van der Waals surface area contributed by atoms with Gasteiger partial charge in [-0.15, -0.1) is 15.3 Å². The van der Waals surface area contributed by atoms with Crippen LogP contribution < -0.4 is 0 Å². The third-order valence-electron chi connectivity index (χ3n) is 3.74. The predicted octanol–water partition coefficient (Wildman–Crippen LogP) is 3.00. The topological polar surface area (TPSA) is 69.4 Å². The van der Waals surface area contributed by atoms with Crippen molar-refractivity contribution in [1.82, 2.24) is 30.4 Å². The molecule has 2 aromatic heterocycles. The molecule has 1 fully saturated rings. The van der Waals surface area contributed by atoms with E-state index in [-0.39, 0.29) is 0 Å². The fourth-order valence-corrected chi connectivity index (χ4v) is 3.47. The van der Waals surface area contributed by atoms with Gasteiger partial charge in [-0.2, -0.15) is 0 Å². The first kappa shape index (κ1) is 13.8. The third-order valence-corrected chi connectivity index (χ3v) is 5.13. The lowest BCUT2D eigenvalue weighted by molar-refractivity contribution is 0.423. The van der Waals surface area contributed by atoms with E-state index >= 15 is 0 Å². The van der Waals surface area contributed by atoms with Gasteiger partial charge >= 0.3 is 0 Å². The summed E-state index contributed by atoms with van der Waals surface area (Å²) < 4.78 is 1.92. The Morgan fingerprint density at radius 3 is 2.60 bits per heavy atom. The molecule has 0 bridgehead atoms. The Labute approximate surface area is 126 Å². The van der Waals surface area contributed by atoms with Gasteiger partial charge in [-0.05, 0) is 60.0 Å². The molecule has 0 N–H and O–H groups in total. The van der Waals surface area contributed by atoms with Crippen LogP contribution in [0, 0.1) is 13.8 Å². The van der Waals surface area contributed by atoms with Gasteiger partial charge in [-0.3, -0.25) is 0 Å². The summed E-state index contributed by atoms with van der Waals surface area (Å²) in [5.41, 5.74) is 1.97. The minimum atomic E-state index is 0.411. The zero-order valence-electron chi connectivity index (χ0n) is 11.4. The summed E-state index contributed by atoms with van der Waals surface area (Å²) in [5, 5.41) is 22.2. The predicted molar refractivity (Wildman–Crippen MR) is 76.0 cm³/mol. The van der Waals surface area contributed by atoms with E-state index < -0.39 is 0 Å². The smallest absolute Gasteiger partial charge is 0.215 e. The van der Waals surface area contributed by atoms with Gasteiger partial charge in [0.25, 0.3) is 0 Å². The van der Waals surface area contributed by atoms with Crippen LogP contribution in [-0.4, -0.2) is 30.4 Å². The molecule has 0 saturated heterocycles. The molecular weight excluding hydrogens is 296 g/mol. The van der Waals surface area contributed by atoms with Gasteiger partial charge in [0.2, 0.25) is 5.16 Å². The van der Waals surface area contributed by atoms with Gasteiger partial charge in [-0.1, -0.05) is 24.4 Å². The number of nitrogens with zero attached hydrogens (tertiary/aromatic N) is 6. The molecule has 0 amide bonds. The first-order valence-electron chi connectivity index (χ1n) is 6.62. The van der Waals surface area contributed by atoms with Crippen LogP contribution in [0.25, 0.3) is 0 Å². The highest BCUT2D eigenvalue weighted by atomic mass is 35.5. The Morgan fingerprint density at radius 1 is 1.10 bits per heavy atom. The van der Waals surface area contributed by atoms with Gasteiger partial charge in [-0.25, -0.2) is 4.68 Å². The van der Waals surface area contributed by atoms with Crippen molar-refractivity contribution in [3.8, 4) is 0 Å². The van der Waals surface area contributed by atoms with E-state index in [0.717, 1.165) is 34.2 Å². The first-order chi connectivity index (χ1) is 9.66. The lowest BCUT2D eigenvalue weighted by Crippen LogP contribution is -2.08. The van der Waals surface area contributed by atoms with Gasteiger partial charge < -0.3 is 0 Å². The number of hydrogen-bond donors (Lipinski definition) is 0. The number of tetrazole rings is 1. The molecule has 6 nitrogen and oxygen atoms in total. The summed E-state index contributed by atoms with van der Waals surface area (Å²) in [7, 11) is 0. The summed E-state index contributed by atoms with van der Waals surface area (Å²) in [6.45, 7) is 3.93. The summed E-state index contributed by atoms with van der Waals surface area (Å²) in [6.07, 6.45) is 4.77. The Bertz CT molecular complexity index is 622. The van der Waals surface area contributed by atoms with Crippen LogP contribution in [0.2, 0.25) is 5.15 Å². The van der Waals surface area contributed by atoms with Crippen molar-refractivity contribution in [2.45, 2.75) is 55.8 Å². The minimum Gasteiger partial charge on any atom is -0.217 e. The molecule has 0 aliphatic heterocycles. The van der Waals surface area contributed by atoms with Crippen LogP contribution in [0.5, 0.6) is 0 Å². The van der Waals surface area contributed by atoms with Crippen LogP contribution in [0.4, 0.5) is 0 Å². The maximum absolute atomic E-state index is 5.97. The molecule has 106 valence electrons. The van der Waals surface area contributed by atoms with Crippen molar-refractivity contribution < 1.29 is 0 Å². The summed E-state index contributed by atoms with van der Waals surface area (Å²) in [4.78, 5) is 0. The Kier molecular flexibility index (Phi) is 3.89. The van der Waals surface area contributed by atoms with Crippen molar-refractivity contribution in [3.05, 3.63) is 16.3 Å². The highest BCUT2D eigenvalue weighted by Gasteiger charge is 2.23. The molecule has 2 aromatic rings. The van der Waals surface area contributed by atoms with Gasteiger partial charge in [0.15, 0.2) is 5.15 Å². The maximum atomic E-state index is 5.97. The number of rotatable bonds is 3. The summed E-state index contributed by atoms with van der Waals surface area (Å²) in [5.74, 6) is 0. The molecule has 2 heterocycles. The van der Waals surface area contributed by atoms with E-state index in [1.54, 1.807) is 0 Å². The van der Waals surface area contributed by atoms with Crippen molar-refractivity contribution in [3.63, 3.8) is 0 Å². The molecule has 0 atom stereocenters. The molecule has 0 spiro atoms. The van der Waals surface area contributed by atoms with E-state index in [4.69, 9.17) is 11.6 Å². The molecule has 1 aliphatic carbocycles. The molecule has 1 aliphatic rings. The monoisotopic (exact) mass is 310 g/mol. The van der Waals surface area contributed by atoms with E-state index in [1.807, 2.05) is 18.5 Å². The zero-order chi connectivity index (χ0) is 14.1. The molecular formula is C12H15ClN6S. The second-order valence-corrected chi connectivity index (χ2v) is 6.31. The number of halogens is 1. The Morgan fingerprint density at radius 2 is 1.85 bits per heavy atom. The van der Waals surface area contributed by atoms with Gasteiger partial charge in [0.05, 0.1) is 6.04 Å². The SMILES string of the molecule is Cc1c(Cl)nnc(Sc2nnnn2C2CCCC2)c1C. The standard InChI is InChI=1S/C12H15ClN6S/c1-7-8(2)11(15-14-10(7)13)20-12-16-17-18-19(12)9-5-3-4-6-9/h9H,3-6H2,1-2H3. The number of hydrogen-bond acceptors (Lipinski definition) is 6. The van der Waals surface area contributed by atoms with E-state index in [9.17, 15) is 0 Å². The highest BCUT2D eigenvalue weighted by molar-refractivity contribution is 7.99. The van der Waals surface area contributed by atoms with Crippen molar-refractivity contribution in [2.75, 3.05) is 0 Å². The number of aromatic nitrogens is 6. The molecule has 0 unspecified atom stereocenters. The van der Waals surface area contributed by atoms with Crippen molar-refractivity contribution in [2.24, 2.45) is 0 Å². The van der Waals surface area contributed by atoms with Crippen LogP contribution in [0.1, 0.15) is 42.9 Å². The van der Waals surface area contributed by atoms with Crippen molar-refractivity contribution in [1.29, 1.82) is 0 Å². The van der Waals surface area contributed by atoms with E-state index in [1.165, 1.54) is 24.6 Å². The second kappa shape index (κ2) is 5.65. The van der Waals surface area contributed by atoms with Crippen molar-refractivity contribution >= 4 is 23.4 Å². The zero-order valence-corrected chi connectivity index (χ0v) is 12.9. The van der Waals surface area contributed by atoms with Crippen LogP contribution in [0.3, 0.4) is 0 Å². The normalized spacial score (nSPS) is 15.9. The van der Waals surface area contributed by atoms with Gasteiger partial charge in [0, 0.05) is 0 Å². The average molecular weight is 311 g/mol. The van der Waals surface area contributed by atoms with Crippen LogP contribution >= 0.6 is 23.4 Å². The quantitative estimate of drug-likeness (QED) is 0.868. The van der Waals surface area contributed by atoms with E-state index in [2.05, 4.69) is 25.7 Å². The second-order valence-electron chi connectivity index (χ2n) is 4.99. The molecule has 8 heteroatoms. The fourth-order valence-electron chi connectivity index (χ4n) is 2.37. The molecule has 0 radical (unpaired) electrons. The summed E-state index contributed by atoms with van der Waals surface area (Å²) >= 11 is 7.43. The maximum Gasteiger partial charge on any atom is 0.215 e. The first-order valence-corrected chi connectivity index (χ1v) is 7.81. The van der Waals surface area contributed by atoms with Gasteiger partial charge in [0.1, 0.15) is 5.03 Å². The third kappa shape index (κ3) is 2.52. The Balaban J connectivity index is 1.88. The lowest BCUT2D eigenvalue weighted by Gasteiger charge is -2.11. The minimum absolute atomic E-state index is 0.411. The molecule has 3 rings (SSSR count). The molecule has 20 heavy (non-hydrogen) atoms. The molecule has 1 saturated carbocycles. The fraction of sp³-hybridized carbons (Fsp3) is 0.583. The van der Waals surface area contributed by atoms with E-state index in [0.29, 0.717) is 11.2 Å². The lowest BCUT2D eigenvalue weighted by atomic mass is 10.2. The summed E-state index contributed by atoms with van der Waals surface area (Å²) in [6, 6.07) is 0.411. The Hall–Kier alpha value is -1.21. The van der Waals surface area contributed by atoms with Crippen LogP contribution in [-0.2, 0) is 0 Å². The average Bonchev–Trinajstić information content (AvgIpc) is 3.09. The molecule has 0 aromatic carbocycles. The highest BCUT2D eigenvalue weighted by Crippen LogP contribution is 2.34. The largest absolute Gasteiger partial charge is 0.217 e. The van der Waals surface area contributed by atoms with Crippen LogP contribution in [0.15, 0.2) is 10.2 Å².